The molecule has 0 fully saturated rings. The molecule has 5 heteroatoms. The molecule has 0 bridgehead atoms. The largest absolute Gasteiger partial charge is 0.454 e. The summed E-state index contributed by atoms with van der Waals surface area (Å²) in [4.78, 5) is 0. The maximum atomic E-state index is 9.58. The average molecular weight is 377 g/mol. The lowest BCUT2D eigenvalue weighted by Gasteiger charge is -2.11. The van der Waals surface area contributed by atoms with E-state index >= 15 is 0 Å². The Bertz CT molecular complexity index is 1110. The Balaban J connectivity index is 1.67. The quantitative estimate of drug-likeness (QED) is 0.247. The van der Waals surface area contributed by atoms with E-state index in [1.165, 1.54) is 0 Å². The van der Waals surface area contributed by atoms with E-state index < -0.39 is 0 Å². The first-order chi connectivity index (χ1) is 13.2. The number of hydrogen-bond donors (Lipinski definition) is 2. The van der Waals surface area contributed by atoms with E-state index in [0.29, 0.717) is 22.1 Å². The average Bonchev–Trinajstić information content (AvgIpc) is 3.09. The van der Waals surface area contributed by atoms with Crippen LogP contribution in [0.15, 0.2) is 82.4 Å². The molecule has 0 radical (unpaired) electrons. The van der Waals surface area contributed by atoms with Crippen LogP contribution < -0.4 is 5.32 Å². The van der Waals surface area contributed by atoms with Crippen molar-refractivity contribution in [3.63, 3.8) is 0 Å². The molecule has 134 valence electrons. The van der Waals surface area contributed by atoms with Crippen molar-refractivity contribution in [3.8, 4) is 0 Å². The molecule has 4 rings (SSSR count). The number of halogens is 1. The third kappa shape index (κ3) is 3.39. The molecule has 0 aliphatic carbocycles. The first-order valence-electron chi connectivity index (χ1n) is 8.49. The van der Waals surface area contributed by atoms with Crippen LogP contribution in [0.5, 0.6) is 0 Å². The summed E-state index contributed by atoms with van der Waals surface area (Å²) in [6, 6.07) is 23.0. The van der Waals surface area contributed by atoms with Crippen LogP contribution in [0, 0.1) is 6.92 Å². The Hall–Kier alpha value is -3.24. The summed E-state index contributed by atoms with van der Waals surface area (Å²) in [5.74, 6) is 0.459. The van der Waals surface area contributed by atoms with Crippen molar-refractivity contribution in [3.05, 3.63) is 94.7 Å². The first-order valence-corrected chi connectivity index (χ1v) is 8.87. The zero-order valence-electron chi connectivity index (χ0n) is 14.6. The topological polar surface area (TPSA) is 57.8 Å². The molecule has 2 N–H and O–H groups in total. The van der Waals surface area contributed by atoms with Crippen LogP contribution in [0.1, 0.15) is 16.9 Å². The van der Waals surface area contributed by atoms with Crippen LogP contribution in [0.25, 0.3) is 11.0 Å². The number of furan rings is 1. The van der Waals surface area contributed by atoms with Crippen molar-refractivity contribution in [1.82, 2.24) is 0 Å². The van der Waals surface area contributed by atoms with Gasteiger partial charge in [-0.15, -0.1) is 0 Å². The highest BCUT2D eigenvalue weighted by Crippen LogP contribution is 2.29. The monoisotopic (exact) mass is 376 g/mol. The Morgan fingerprint density at radius 1 is 1.00 bits per heavy atom. The number of nitrogens with one attached hydrogen (secondary N) is 1. The minimum atomic E-state index is 0.290. The van der Waals surface area contributed by atoms with Gasteiger partial charge in [0.15, 0.2) is 11.5 Å². The summed E-state index contributed by atoms with van der Waals surface area (Å²) in [5.41, 5.74) is 4.60. The summed E-state index contributed by atoms with van der Waals surface area (Å²) < 4.78 is 5.81. The highest BCUT2D eigenvalue weighted by molar-refractivity contribution is 6.35. The van der Waals surface area contributed by atoms with Crippen molar-refractivity contribution >= 4 is 39.7 Å². The number of rotatable bonds is 4. The Labute approximate surface area is 161 Å². The Kier molecular flexibility index (Phi) is 4.57. The fraction of sp³-hybridized carbons (Fsp3) is 0.0455. The maximum Gasteiger partial charge on any atom is 0.157 e. The van der Waals surface area contributed by atoms with Gasteiger partial charge in [0.25, 0.3) is 0 Å². The zero-order chi connectivity index (χ0) is 18.8. The predicted molar refractivity (Wildman–Crippen MR) is 110 cm³/mol. The van der Waals surface area contributed by atoms with Gasteiger partial charge in [-0.25, -0.2) is 0 Å². The Morgan fingerprint density at radius 3 is 2.52 bits per heavy atom. The van der Waals surface area contributed by atoms with E-state index in [2.05, 4.69) is 10.5 Å². The second kappa shape index (κ2) is 7.17. The van der Waals surface area contributed by atoms with Gasteiger partial charge in [0.1, 0.15) is 5.58 Å². The highest BCUT2D eigenvalue weighted by Gasteiger charge is 2.17. The normalized spacial score (nSPS) is 11.7. The molecule has 0 spiro atoms. The van der Waals surface area contributed by atoms with Crippen LogP contribution in [0.2, 0.25) is 5.02 Å². The van der Waals surface area contributed by atoms with Crippen LogP contribution in [-0.2, 0) is 0 Å². The number of hydrogen-bond acceptors (Lipinski definition) is 4. The fourth-order valence-corrected chi connectivity index (χ4v) is 3.26. The van der Waals surface area contributed by atoms with Gasteiger partial charge in [-0.05, 0) is 48.9 Å². The number of nitrogens with zero attached hydrogens (tertiary/aromatic N) is 1. The van der Waals surface area contributed by atoms with Crippen LogP contribution >= 0.6 is 11.6 Å². The lowest BCUT2D eigenvalue weighted by atomic mass is 10.1. The van der Waals surface area contributed by atoms with Crippen LogP contribution in [0.4, 0.5) is 11.4 Å². The maximum absolute atomic E-state index is 9.58. The van der Waals surface area contributed by atoms with Gasteiger partial charge in [-0.1, -0.05) is 53.2 Å². The molecule has 0 aliphatic heterocycles. The van der Waals surface area contributed by atoms with Gasteiger partial charge < -0.3 is 14.9 Å². The second-order valence-corrected chi connectivity index (χ2v) is 6.64. The highest BCUT2D eigenvalue weighted by atomic mass is 35.5. The third-order valence-corrected chi connectivity index (χ3v) is 4.72. The summed E-state index contributed by atoms with van der Waals surface area (Å²) in [5, 5.41) is 17.7. The van der Waals surface area contributed by atoms with Gasteiger partial charge >= 0.3 is 0 Å². The lowest BCUT2D eigenvalue weighted by molar-refractivity contribution is 0.318. The molecular formula is C22H17ClN2O2. The molecular weight excluding hydrogens is 360 g/mol. The van der Waals surface area contributed by atoms with Crippen LogP contribution in [-0.4, -0.2) is 10.9 Å². The fourth-order valence-electron chi connectivity index (χ4n) is 2.99. The molecule has 4 aromatic rings. The number of fused-ring (bicyclic) bond motifs is 1. The Morgan fingerprint density at radius 2 is 1.78 bits per heavy atom. The van der Waals surface area contributed by atoms with E-state index in [0.717, 1.165) is 27.9 Å². The van der Waals surface area contributed by atoms with Crippen molar-refractivity contribution in [1.29, 1.82) is 0 Å². The molecule has 0 saturated heterocycles. The molecule has 0 unspecified atom stereocenters. The number of anilines is 2. The number of benzene rings is 3. The van der Waals surface area contributed by atoms with Gasteiger partial charge in [0.2, 0.25) is 0 Å². The number of aryl methyl sites for hydroxylation is 1. The SMILES string of the molecule is Cc1ccccc1Nc1ccc(/C(=N\O)c2cc3ccccc3o2)c(Cl)c1. The van der Waals surface area contributed by atoms with Crippen LogP contribution in [0.3, 0.4) is 0 Å². The van der Waals surface area contributed by atoms with Crippen molar-refractivity contribution in [2.45, 2.75) is 6.92 Å². The standard InChI is InChI=1S/C22H17ClN2O2/c1-14-6-2-4-8-19(14)24-16-10-11-17(18(23)13-16)22(25-26)21-12-15-7-3-5-9-20(15)27-21/h2-13,24,26H,1H3/b25-22+. The summed E-state index contributed by atoms with van der Waals surface area (Å²) in [6.45, 7) is 2.04. The molecule has 0 aliphatic rings. The third-order valence-electron chi connectivity index (χ3n) is 4.41. The molecule has 27 heavy (non-hydrogen) atoms. The number of oxime groups is 1. The smallest absolute Gasteiger partial charge is 0.157 e. The van der Waals surface area contributed by atoms with Gasteiger partial charge in [0, 0.05) is 22.3 Å². The number of para-hydroxylation sites is 2. The molecule has 1 heterocycles. The molecule has 4 nitrogen and oxygen atoms in total. The molecule has 3 aromatic carbocycles. The predicted octanol–water partition coefficient (Wildman–Crippen LogP) is 6.36. The molecule has 0 atom stereocenters. The second-order valence-electron chi connectivity index (χ2n) is 6.23. The lowest BCUT2D eigenvalue weighted by Crippen LogP contribution is -2.03. The minimum absolute atomic E-state index is 0.290. The van der Waals surface area contributed by atoms with Gasteiger partial charge in [-0.3, -0.25) is 0 Å². The first kappa shape index (κ1) is 17.2. The van der Waals surface area contributed by atoms with Crippen molar-refractivity contribution < 1.29 is 9.62 Å². The summed E-state index contributed by atoms with van der Waals surface area (Å²) in [7, 11) is 0. The van der Waals surface area contributed by atoms with E-state index in [1.54, 1.807) is 6.07 Å². The zero-order valence-corrected chi connectivity index (χ0v) is 15.4. The molecule has 0 amide bonds. The molecule has 0 saturated carbocycles. The van der Waals surface area contributed by atoms with E-state index in [1.807, 2.05) is 73.7 Å². The van der Waals surface area contributed by atoms with Crippen molar-refractivity contribution in [2.75, 3.05) is 5.32 Å². The molecule has 1 aromatic heterocycles. The minimum Gasteiger partial charge on any atom is -0.454 e. The summed E-state index contributed by atoms with van der Waals surface area (Å²) in [6.07, 6.45) is 0. The van der Waals surface area contributed by atoms with E-state index in [4.69, 9.17) is 16.0 Å². The van der Waals surface area contributed by atoms with Crippen molar-refractivity contribution in [2.24, 2.45) is 5.16 Å². The van der Waals surface area contributed by atoms with E-state index in [9.17, 15) is 5.21 Å². The van der Waals surface area contributed by atoms with Gasteiger partial charge in [0.05, 0.1) is 5.02 Å². The van der Waals surface area contributed by atoms with E-state index in [-0.39, 0.29) is 0 Å². The summed E-state index contributed by atoms with van der Waals surface area (Å²) >= 11 is 6.48. The van der Waals surface area contributed by atoms with Gasteiger partial charge in [-0.2, -0.15) is 0 Å².